The highest BCUT2D eigenvalue weighted by atomic mass is 19.4. The predicted molar refractivity (Wildman–Crippen MR) is 84.4 cm³/mol. The standard InChI is InChI=1S/C18H28F3NO2/c19-18(20,21)15-7-3-2-6-14(15)16(23)22-13-8-11-24-17(12-13)9-4-1-5-10-17/h13-15H,1-12H2,(H,22,23)/t13-,14+,15-/m1/s1. The maximum absolute atomic E-state index is 13.2. The van der Waals surface area contributed by atoms with E-state index < -0.39 is 23.9 Å². The highest BCUT2D eigenvalue weighted by Gasteiger charge is 2.48. The van der Waals surface area contributed by atoms with Crippen LogP contribution in [-0.4, -0.2) is 30.3 Å². The average Bonchev–Trinajstić information content (AvgIpc) is 2.55. The molecule has 2 aliphatic carbocycles. The van der Waals surface area contributed by atoms with Crippen LogP contribution in [0.4, 0.5) is 13.2 Å². The van der Waals surface area contributed by atoms with Crippen LogP contribution in [0.2, 0.25) is 0 Å². The summed E-state index contributed by atoms with van der Waals surface area (Å²) in [4.78, 5) is 12.5. The maximum atomic E-state index is 13.2. The van der Waals surface area contributed by atoms with E-state index in [9.17, 15) is 18.0 Å². The molecule has 0 aromatic carbocycles. The maximum Gasteiger partial charge on any atom is 0.392 e. The summed E-state index contributed by atoms with van der Waals surface area (Å²) in [6.45, 7) is 0.596. The van der Waals surface area contributed by atoms with Crippen molar-refractivity contribution in [2.24, 2.45) is 11.8 Å². The molecule has 3 nitrogen and oxygen atoms in total. The fraction of sp³-hybridized carbons (Fsp3) is 0.944. The molecule has 1 N–H and O–H groups in total. The Hall–Kier alpha value is -0.780. The summed E-state index contributed by atoms with van der Waals surface area (Å²) in [5.41, 5.74) is -0.148. The fourth-order valence-electron chi connectivity index (χ4n) is 4.84. The van der Waals surface area contributed by atoms with E-state index in [0.29, 0.717) is 32.3 Å². The largest absolute Gasteiger partial charge is 0.392 e. The molecule has 3 aliphatic rings. The van der Waals surface area contributed by atoms with Crippen LogP contribution in [0.1, 0.15) is 70.6 Å². The fourth-order valence-corrected chi connectivity index (χ4v) is 4.84. The Morgan fingerprint density at radius 2 is 1.71 bits per heavy atom. The Labute approximate surface area is 141 Å². The van der Waals surface area contributed by atoms with Crippen molar-refractivity contribution in [2.75, 3.05) is 6.61 Å². The van der Waals surface area contributed by atoms with Gasteiger partial charge in [-0.2, -0.15) is 13.2 Å². The van der Waals surface area contributed by atoms with E-state index in [1.165, 1.54) is 6.42 Å². The minimum Gasteiger partial charge on any atom is -0.375 e. The lowest BCUT2D eigenvalue weighted by atomic mass is 9.76. The second kappa shape index (κ2) is 7.22. The van der Waals surface area contributed by atoms with Gasteiger partial charge in [0.25, 0.3) is 0 Å². The molecule has 1 saturated heterocycles. The van der Waals surface area contributed by atoms with Gasteiger partial charge in [0.15, 0.2) is 0 Å². The van der Waals surface area contributed by atoms with Crippen molar-refractivity contribution in [3.63, 3.8) is 0 Å². The lowest BCUT2D eigenvalue weighted by Crippen LogP contribution is -2.52. The van der Waals surface area contributed by atoms with Gasteiger partial charge in [-0.25, -0.2) is 0 Å². The van der Waals surface area contributed by atoms with Gasteiger partial charge in [-0.1, -0.05) is 32.1 Å². The summed E-state index contributed by atoms with van der Waals surface area (Å²) >= 11 is 0. The third kappa shape index (κ3) is 4.06. The first-order valence-electron chi connectivity index (χ1n) is 9.41. The lowest BCUT2D eigenvalue weighted by molar-refractivity contribution is -0.198. The number of hydrogen-bond donors (Lipinski definition) is 1. The van der Waals surface area contributed by atoms with Crippen LogP contribution in [0.5, 0.6) is 0 Å². The number of alkyl halides is 3. The number of amides is 1. The minimum absolute atomic E-state index is 0.0415. The molecule has 0 bridgehead atoms. The summed E-state index contributed by atoms with van der Waals surface area (Å²) in [6, 6.07) is -0.0415. The first-order valence-corrected chi connectivity index (χ1v) is 9.41. The van der Waals surface area contributed by atoms with E-state index in [1.54, 1.807) is 0 Å². The molecule has 3 atom stereocenters. The van der Waals surface area contributed by atoms with Crippen LogP contribution in [-0.2, 0) is 9.53 Å². The van der Waals surface area contributed by atoms with Crippen LogP contribution in [0.15, 0.2) is 0 Å². The van der Waals surface area contributed by atoms with E-state index in [2.05, 4.69) is 5.32 Å². The van der Waals surface area contributed by atoms with Crippen molar-refractivity contribution >= 4 is 5.91 Å². The average molecular weight is 347 g/mol. The van der Waals surface area contributed by atoms with Crippen molar-refractivity contribution in [2.45, 2.75) is 88.4 Å². The first kappa shape index (κ1) is 18.0. The van der Waals surface area contributed by atoms with E-state index in [0.717, 1.165) is 32.1 Å². The number of nitrogens with one attached hydrogen (secondary N) is 1. The number of ether oxygens (including phenoxy) is 1. The second-order valence-electron chi connectivity index (χ2n) is 7.83. The number of halogens is 3. The van der Waals surface area contributed by atoms with Crippen LogP contribution >= 0.6 is 0 Å². The molecule has 3 rings (SSSR count). The van der Waals surface area contributed by atoms with Gasteiger partial charge in [0.05, 0.1) is 11.5 Å². The summed E-state index contributed by atoms with van der Waals surface area (Å²) in [5.74, 6) is -2.78. The van der Waals surface area contributed by atoms with Crippen LogP contribution in [0.3, 0.4) is 0 Å². The summed E-state index contributed by atoms with van der Waals surface area (Å²) in [5, 5.41) is 2.94. The summed E-state index contributed by atoms with van der Waals surface area (Å²) in [7, 11) is 0. The zero-order valence-corrected chi connectivity index (χ0v) is 14.2. The number of carbonyl (C=O) groups excluding carboxylic acids is 1. The number of carbonyl (C=O) groups is 1. The SMILES string of the molecule is O=C(N[C@@H]1CCOC2(CCCCC2)C1)[C@H]1CCCC[C@H]1C(F)(F)F. The van der Waals surface area contributed by atoms with Crippen molar-refractivity contribution < 1.29 is 22.7 Å². The first-order chi connectivity index (χ1) is 11.4. The molecule has 1 amide bonds. The van der Waals surface area contributed by atoms with Gasteiger partial charge in [-0.15, -0.1) is 0 Å². The molecular weight excluding hydrogens is 319 g/mol. The highest BCUT2D eigenvalue weighted by Crippen LogP contribution is 2.42. The van der Waals surface area contributed by atoms with Gasteiger partial charge in [0.2, 0.25) is 5.91 Å². The Kier molecular flexibility index (Phi) is 5.42. The van der Waals surface area contributed by atoms with Gasteiger partial charge < -0.3 is 10.1 Å². The van der Waals surface area contributed by atoms with Gasteiger partial charge in [-0.3, -0.25) is 4.79 Å². The monoisotopic (exact) mass is 347 g/mol. The minimum atomic E-state index is -4.28. The molecule has 1 heterocycles. The zero-order valence-electron chi connectivity index (χ0n) is 14.2. The van der Waals surface area contributed by atoms with Crippen molar-refractivity contribution in [1.82, 2.24) is 5.32 Å². The molecule has 6 heteroatoms. The zero-order chi connectivity index (χ0) is 17.2. The van der Waals surface area contributed by atoms with Crippen molar-refractivity contribution in [1.29, 1.82) is 0 Å². The van der Waals surface area contributed by atoms with Crippen molar-refractivity contribution in [3.05, 3.63) is 0 Å². The Balaban J connectivity index is 1.61. The number of hydrogen-bond acceptors (Lipinski definition) is 2. The molecule has 1 spiro atoms. The Bertz CT molecular complexity index is 441. The van der Waals surface area contributed by atoms with Gasteiger partial charge in [0.1, 0.15) is 0 Å². The van der Waals surface area contributed by atoms with Crippen LogP contribution in [0, 0.1) is 11.8 Å². The molecule has 0 unspecified atom stereocenters. The second-order valence-corrected chi connectivity index (χ2v) is 7.83. The molecule has 0 radical (unpaired) electrons. The molecule has 3 fully saturated rings. The van der Waals surface area contributed by atoms with Crippen molar-refractivity contribution in [3.8, 4) is 0 Å². The van der Waals surface area contributed by atoms with Crippen LogP contribution < -0.4 is 5.32 Å². The molecule has 0 aromatic rings. The molecular formula is C18H28F3NO2. The number of rotatable bonds is 2. The summed E-state index contributed by atoms with van der Waals surface area (Å²) < 4.78 is 45.7. The van der Waals surface area contributed by atoms with Gasteiger partial charge in [0, 0.05) is 18.6 Å². The molecule has 2 saturated carbocycles. The molecule has 1 aliphatic heterocycles. The lowest BCUT2D eigenvalue weighted by Gasteiger charge is -2.44. The smallest absolute Gasteiger partial charge is 0.375 e. The quantitative estimate of drug-likeness (QED) is 0.806. The van der Waals surface area contributed by atoms with E-state index >= 15 is 0 Å². The van der Waals surface area contributed by atoms with E-state index in [1.807, 2.05) is 0 Å². The molecule has 24 heavy (non-hydrogen) atoms. The third-order valence-electron chi connectivity index (χ3n) is 6.13. The van der Waals surface area contributed by atoms with E-state index in [4.69, 9.17) is 4.74 Å². The molecule has 0 aromatic heterocycles. The predicted octanol–water partition coefficient (Wildman–Crippen LogP) is 4.35. The Morgan fingerprint density at radius 3 is 2.42 bits per heavy atom. The van der Waals surface area contributed by atoms with E-state index in [-0.39, 0.29) is 18.1 Å². The third-order valence-corrected chi connectivity index (χ3v) is 6.13. The highest BCUT2D eigenvalue weighted by molar-refractivity contribution is 5.79. The normalized spacial score (nSPS) is 34.0. The Morgan fingerprint density at radius 1 is 1.00 bits per heavy atom. The van der Waals surface area contributed by atoms with Crippen LogP contribution in [0.25, 0.3) is 0 Å². The summed E-state index contributed by atoms with van der Waals surface area (Å²) in [6.07, 6.45) is 4.40. The van der Waals surface area contributed by atoms with Gasteiger partial charge >= 0.3 is 6.18 Å². The topological polar surface area (TPSA) is 38.3 Å². The molecule has 138 valence electrons. The van der Waals surface area contributed by atoms with Gasteiger partial charge in [-0.05, 0) is 38.5 Å².